The van der Waals surface area contributed by atoms with Crippen LogP contribution in [0.2, 0.25) is 0 Å². The second kappa shape index (κ2) is 5.50. The van der Waals surface area contributed by atoms with Crippen LogP contribution in [0.3, 0.4) is 0 Å². The van der Waals surface area contributed by atoms with Crippen LogP contribution in [-0.2, 0) is 16.6 Å². The third kappa shape index (κ3) is 2.72. The molecule has 1 N–H and O–H groups in total. The van der Waals surface area contributed by atoms with Crippen LogP contribution in [0.25, 0.3) is 5.65 Å². The van der Waals surface area contributed by atoms with Gasteiger partial charge in [0.25, 0.3) is 0 Å². The van der Waals surface area contributed by atoms with Crippen LogP contribution in [0.4, 0.5) is 8.78 Å². The summed E-state index contributed by atoms with van der Waals surface area (Å²) in [5.41, 5.74) is 0.826. The standard InChI is InChI=1S/C13H12F2N4O2S/c14-11-2-1-10(9-12(11)15)22(20,21)17-5-6-18-7-8-19-13(18)3-4-16-19/h1-4,7-9,17H,5-6H2. The SMILES string of the molecule is O=S(=O)(NCCn1ccn2nccc12)c1ccc(F)c(F)c1. The number of sulfonamides is 1. The summed E-state index contributed by atoms with van der Waals surface area (Å²) in [7, 11) is -3.89. The molecule has 0 aliphatic rings. The Labute approximate surface area is 125 Å². The Morgan fingerprint density at radius 1 is 1.14 bits per heavy atom. The molecule has 0 saturated carbocycles. The van der Waals surface area contributed by atoms with Crippen molar-refractivity contribution in [2.75, 3.05) is 6.54 Å². The summed E-state index contributed by atoms with van der Waals surface area (Å²) in [6.07, 6.45) is 5.16. The number of fused-ring (bicyclic) bond motifs is 1. The minimum Gasteiger partial charge on any atom is -0.330 e. The second-order valence-electron chi connectivity index (χ2n) is 4.60. The highest BCUT2D eigenvalue weighted by Gasteiger charge is 2.16. The summed E-state index contributed by atoms with van der Waals surface area (Å²) < 4.78 is 55.8. The number of hydrogen-bond acceptors (Lipinski definition) is 3. The van der Waals surface area contributed by atoms with E-state index in [2.05, 4.69) is 9.82 Å². The van der Waals surface area contributed by atoms with Gasteiger partial charge in [0.1, 0.15) is 5.65 Å². The highest BCUT2D eigenvalue weighted by Crippen LogP contribution is 2.13. The van der Waals surface area contributed by atoms with Gasteiger partial charge in [0.05, 0.1) is 11.1 Å². The molecule has 3 aromatic rings. The molecule has 0 aliphatic heterocycles. The number of imidazole rings is 1. The van der Waals surface area contributed by atoms with Crippen molar-refractivity contribution in [1.82, 2.24) is 18.9 Å². The predicted molar refractivity (Wildman–Crippen MR) is 74.7 cm³/mol. The first-order chi connectivity index (χ1) is 10.5. The Morgan fingerprint density at radius 3 is 2.73 bits per heavy atom. The first-order valence-electron chi connectivity index (χ1n) is 6.40. The normalized spacial score (nSPS) is 12.1. The minimum absolute atomic E-state index is 0.108. The van der Waals surface area contributed by atoms with E-state index in [0.717, 1.165) is 17.8 Å². The molecule has 0 bridgehead atoms. The van der Waals surface area contributed by atoms with Gasteiger partial charge in [-0.3, -0.25) is 0 Å². The predicted octanol–water partition coefficient (Wildman–Crippen LogP) is 1.39. The monoisotopic (exact) mass is 326 g/mol. The van der Waals surface area contributed by atoms with Crippen LogP contribution >= 0.6 is 0 Å². The summed E-state index contributed by atoms with van der Waals surface area (Å²) in [6.45, 7) is 0.488. The van der Waals surface area contributed by atoms with Crippen molar-refractivity contribution >= 4 is 15.7 Å². The number of hydrogen-bond donors (Lipinski definition) is 1. The fourth-order valence-electron chi connectivity index (χ4n) is 2.09. The highest BCUT2D eigenvalue weighted by atomic mass is 32.2. The molecule has 116 valence electrons. The van der Waals surface area contributed by atoms with Crippen LogP contribution in [0.15, 0.2) is 47.8 Å². The fraction of sp³-hybridized carbons (Fsp3) is 0.154. The van der Waals surface area contributed by atoms with E-state index in [1.54, 1.807) is 29.2 Å². The van der Waals surface area contributed by atoms with Crippen LogP contribution in [-0.4, -0.2) is 29.1 Å². The minimum atomic E-state index is -3.89. The number of rotatable bonds is 5. The molecule has 0 amide bonds. The Balaban J connectivity index is 1.70. The number of benzene rings is 1. The highest BCUT2D eigenvalue weighted by molar-refractivity contribution is 7.89. The summed E-state index contributed by atoms with van der Waals surface area (Å²) >= 11 is 0. The van der Waals surface area contributed by atoms with Gasteiger partial charge in [0.2, 0.25) is 10.0 Å². The summed E-state index contributed by atoms with van der Waals surface area (Å²) in [5.74, 6) is -2.29. The lowest BCUT2D eigenvalue weighted by Gasteiger charge is -2.08. The molecule has 2 heterocycles. The molecule has 0 spiro atoms. The number of aromatic nitrogens is 3. The van der Waals surface area contributed by atoms with E-state index < -0.39 is 21.7 Å². The zero-order valence-electron chi connectivity index (χ0n) is 11.3. The first kappa shape index (κ1) is 14.7. The lowest BCUT2D eigenvalue weighted by molar-refractivity contribution is 0.504. The van der Waals surface area contributed by atoms with Crippen molar-refractivity contribution in [1.29, 1.82) is 0 Å². The van der Waals surface area contributed by atoms with E-state index in [9.17, 15) is 17.2 Å². The van der Waals surface area contributed by atoms with E-state index in [1.165, 1.54) is 0 Å². The maximum absolute atomic E-state index is 13.1. The van der Waals surface area contributed by atoms with E-state index in [0.29, 0.717) is 12.6 Å². The van der Waals surface area contributed by atoms with Crippen LogP contribution in [0.1, 0.15) is 0 Å². The van der Waals surface area contributed by atoms with Gasteiger partial charge in [0.15, 0.2) is 11.6 Å². The maximum atomic E-state index is 13.1. The van der Waals surface area contributed by atoms with Crippen molar-refractivity contribution in [3.05, 3.63) is 54.5 Å². The third-order valence-corrected chi connectivity index (χ3v) is 4.64. The molecule has 0 fully saturated rings. The average molecular weight is 326 g/mol. The summed E-state index contributed by atoms with van der Waals surface area (Å²) in [5, 5.41) is 4.04. The van der Waals surface area contributed by atoms with Gasteiger partial charge in [-0.05, 0) is 18.2 Å². The van der Waals surface area contributed by atoms with Gasteiger partial charge in [0, 0.05) is 31.5 Å². The quantitative estimate of drug-likeness (QED) is 0.770. The molecular weight excluding hydrogens is 314 g/mol. The first-order valence-corrected chi connectivity index (χ1v) is 7.89. The van der Waals surface area contributed by atoms with Gasteiger partial charge >= 0.3 is 0 Å². The molecular formula is C13H12F2N4O2S. The van der Waals surface area contributed by atoms with E-state index in [1.807, 2.05) is 4.57 Å². The summed E-state index contributed by atoms with van der Waals surface area (Å²) in [6, 6.07) is 4.25. The zero-order valence-corrected chi connectivity index (χ0v) is 12.1. The average Bonchev–Trinajstić information content (AvgIpc) is 3.06. The Bertz CT molecular complexity index is 917. The molecule has 0 saturated heterocycles. The molecule has 2 aromatic heterocycles. The smallest absolute Gasteiger partial charge is 0.240 e. The van der Waals surface area contributed by atoms with Crippen molar-refractivity contribution < 1.29 is 17.2 Å². The largest absolute Gasteiger partial charge is 0.330 e. The fourth-order valence-corrected chi connectivity index (χ4v) is 3.12. The third-order valence-electron chi connectivity index (χ3n) is 3.18. The lowest BCUT2D eigenvalue weighted by atomic mass is 10.3. The number of nitrogens with one attached hydrogen (secondary N) is 1. The molecule has 9 heteroatoms. The Hall–Kier alpha value is -2.26. The molecule has 1 aromatic carbocycles. The summed E-state index contributed by atoms with van der Waals surface area (Å²) in [4.78, 5) is -0.312. The molecule has 3 rings (SSSR count). The van der Waals surface area contributed by atoms with Crippen molar-refractivity contribution in [3.8, 4) is 0 Å². The van der Waals surface area contributed by atoms with Crippen molar-refractivity contribution in [2.24, 2.45) is 0 Å². The van der Waals surface area contributed by atoms with Gasteiger partial charge in [-0.2, -0.15) is 5.10 Å². The van der Waals surface area contributed by atoms with E-state index >= 15 is 0 Å². The Kier molecular flexibility index (Phi) is 3.67. The van der Waals surface area contributed by atoms with Crippen LogP contribution in [0.5, 0.6) is 0 Å². The van der Waals surface area contributed by atoms with Crippen molar-refractivity contribution in [2.45, 2.75) is 11.4 Å². The zero-order chi connectivity index (χ0) is 15.7. The topological polar surface area (TPSA) is 68.4 Å². The molecule has 0 atom stereocenters. The molecule has 0 aliphatic carbocycles. The molecule has 0 radical (unpaired) electrons. The van der Waals surface area contributed by atoms with E-state index in [4.69, 9.17) is 0 Å². The second-order valence-corrected chi connectivity index (χ2v) is 6.37. The van der Waals surface area contributed by atoms with Crippen LogP contribution in [0, 0.1) is 11.6 Å². The van der Waals surface area contributed by atoms with Gasteiger partial charge in [-0.25, -0.2) is 26.4 Å². The molecule has 22 heavy (non-hydrogen) atoms. The maximum Gasteiger partial charge on any atom is 0.240 e. The van der Waals surface area contributed by atoms with Gasteiger partial charge in [-0.1, -0.05) is 0 Å². The molecule has 6 nitrogen and oxygen atoms in total. The van der Waals surface area contributed by atoms with Crippen LogP contribution < -0.4 is 4.72 Å². The van der Waals surface area contributed by atoms with Gasteiger partial charge < -0.3 is 4.57 Å². The number of halogens is 2. The van der Waals surface area contributed by atoms with Crippen molar-refractivity contribution in [3.63, 3.8) is 0 Å². The van der Waals surface area contributed by atoms with E-state index in [-0.39, 0.29) is 11.4 Å². The Morgan fingerprint density at radius 2 is 1.95 bits per heavy atom. The lowest BCUT2D eigenvalue weighted by Crippen LogP contribution is -2.27. The van der Waals surface area contributed by atoms with Gasteiger partial charge in [-0.15, -0.1) is 0 Å². The molecule has 0 unspecified atom stereocenters. The number of nitrogens with zero attached hydrogens (tertiary/aromatic N) is 3.